The van der Waals surface area contributed by atoms with Crippen LogP contribution in [-0.4, -0.2) is 15.9 Å². The van der Waals surface area contributed by atoms with Crippen LogP contribution >= 0.6 is 11.3 Å². The third-order valence-corrected chi connectivity index (χ3v) is 4.73. The zero-order valence-electron chi connectivity index (χ0n) is 13.8. The number of carbonyl (C=O) groups excluding carboxylic acids is 1. The van der Waals surface area contributed by atoms with Crippen molar-refractivity contribution in [3.8, 4) is 0 Å². The molecule has 0 aliphatic rings. The Morgan fingerprint density at radius 2 is 1.92 bits per heavy atom. The first-order chi connectivity index (χ1) is 12.8. The number of fused-ring (bicyclic) bond motifs is 1. The number of hydrogen-bond donors (Lipinski definition) is 2. The summed E-state index contributed by atoms with van der Waals surface area (Å²) in [5.41, 5.74) is 2.65. The number of anilines is 3. The van der Waals surface area contributed by atoms with Gasteiger partial charge in [0.05, 0.1) is 29.5 Å². The molecule has 0 aliphatic heterocycles. The SMILES string of the molecule is O=C(Cc1cccs1)Nc1ccc(Nc2cccc3cccnc23)cn1. The third kappa shape index (κ3) is 3.70. The number of hydrogen-bond acceptors (Lipinski definition) is 5. The maximum Gasteiger partial charge on any atom is 0.230 e. The van der Waals surface area contributed by atoms with Gasteiger partial charge < -0.3 is 10.6 Å². The lowest BCUT2D eigenvalue weighted by Gasteiger charge is -2.09. The molecule has 1 amide bonds. The Hall–Kier alpha value is -3.25. The van der Waals surface area contributed by atoms with Gasteiger partial charge in [-0.1, -0.05) is 24.3 Å². The summed E-state index contributed by atoms with van der Waals surface area (Å²) in [6.07, 6.45) is 3.83. The molecule has 5 nitrogen and oxygen atoms in total. The normalized spacial score (nSPS) is 10.6. The van der Waals surface area contributed by atoms with Gasteiger partial charge in [0.25, 0.3) is 0 Å². The maximum atomic E-state index is 12.0. The highest BCUT2D eigenvalue weighted by atomic mass is 32.1. The number of para-hydroxylation sites is 1. The number of rotatable bonds is 5. The van der Waals surface area contributed by atoms with Crippen LogP contribution in [0.15, 0.2) is 72.4 Å². The fourth-order valence-electron chi connectivity index (χ4n) is 2.66. The molecule has 128 valence electrons. The minimum atomic E-state index is -0.0705. The van der Waals surface area contributed by atoms with E-state index in [1.54, 1.807) is 29.8 Å². The van der Waals surface area contributed by atoms with Crippen molar-refractivity contribution < 1.29 is 4.79 Å². The average Bonchev–Trinajstić information content (AvgIpc) is 3.16. The van der Waals surface area contributed by atoms with Gasteiger partial charge in [0.1, 0.15) is 5.82 Å². The number of amides is 1. The van der Waals surface area contributed by atoms with Crippen molar-refractivity contribution in [2.24, 2.45) is 0 Å². The average molecular weight is 360 g/mol. The van der Waals surface area contributed by atoms with Crippen molar-refractivity contribution in [3.63, 3.8) is 0 Å². The first-order valence-electron chi connectivity index (χ1n) is 8.17. The summed E-state index contributed by atoms with van der Waals surface area (Å²) in [6.45, 7) is 0. The third-order valence-electron chi connectivity index (χ3n) is 3.86. The first-order valence-corrected chi connectivity index (χ1v) is 9.05. The number of nitrogens with zero attached hydrogens (tertiary/aromatic N) is 2. The fourth-order valence-corrected chi connectivity index (χ4v) is 3.36. The van der Waals surface area contributed by atoms with Gasteiger partial charge in [-0.2, -0.15) is 0 Å². The van der Waals surface area contributed by atoms with E-state index in [1.165, 1.54) is 0 Å². The Bertz CT molecular complexity index is 1020. The van der Waals surface area contributed by atoms with Crippen LogP contribution in [0, 0.1) is 0 Å². The Morgan fingerprint density at radius 3 is 2.73 bits per heavy atom. The van der Waals surface area contributed by atoms with Crippen LogP contribution in [0.2, 0.25) is 0 Å². The summed E-state index contributed by atoms with van der Waals surface area (Å²) in [7, 11) is 0. The van der Waals surface area contributed by atoms with E-state index in [2.05, 4.69) is 20.6 Å². The van der Waals surface area contributed by atoms with Gasteiger partial charge >= 0.3 is 0 Å². The van der Waals surface area contributed by atoms with Crippen molar-refractivity contribution in [2.45, 2.75) is 6.42 Å². The van der Waals surface area contributed by atoms with Gasteiger partial charge in [0, 0.05) is 16.5 Å². The van der Waals surface area contributed by atoms with Crippen LogP contribution in [0.5, 0.6) is 0 Å². The summed E-state index contributed by atoms with van der Waals surface area (Å²) >= 11 is 1.57. The standard InChI is InChI=1S/C20H16N4OS/c25-19(12-16-6-3-11-26-16)24-18-9-8-15(13-22-18)23-17-7-1-4-14-5-2-10-21-20(14)17/h1-11,13,23H,12H2,(H,22,24,25). The quantitative estimate of drug-likeness (QED) is 0.545. The highest BCUT2D eigenvalue weighted by Gasteiger charge is 2.06. The number of aromatic nitrogens is 2. The Labute approximate surface area is 154 Å². The number of pyridine rings is 2. The summed E-state index contributed by atoms with van der Waals surface area (Å²) in [6, 6.07) is 17.5. The van der Waals surface area contributed by atoms with Crippen LogP contribution in [0.1, 0.15) is 4.88 Å². The molecule has 3 heterocycles. The van der Waals surface area contributed by atoms with E-state index < -0.39 is 0 Å². The second-order valence-electron chi connectivity index (χ2n) is 5.74. The largest absolute Gasteiger partial charge is 0.352 e. The highest BCUT2D eigenvalue weighted by Crippen LogP contribution is 2.24. The highest BCUT2D eigenvalue weighted by molar-refractivity contribution is 7.10. The Morgan fingerprint density at radius 1 is 1.00 bits per heavy atom. The molecule has 3 aromatic heterocycles. The van der Waals surface area contributed by atoms with Crippen molar-refractivity contribution in [3.05, 3.63) is 77.2 Å². The summed E-state index contributed by atoms with van der Waals surface area (Å²) in [5.74, 6) is 0.465. The van der Waals surface area contributed by atoms with E-state index in [9.17, 15) is 4.79 Å². The zero-order chi connectivity index (χ0) is 17.8. The predicted molar refractivity (Wildman–Crippen MR) is 106 cm³/mol. The minimum Gasteiger partial charge on any atom is -0.352 e. The van der Waals surface area contributed by atoms with Gasteiger partial charge in [-0.05, 0) is 35.7 Å². The second-order valence-corrected chi connectivity index (χ2v) is 6.77. The van der Waals surface area contributed by atoms with Crippen LogP contribution in [0.4, 0.5) is 17.2 Å². The summed E-state index contributed by atoms with van der Waals surface area (Å²) < 4.78 is 0. The molecule has 1 aromatic carbocycles. The molecule has 4 aromatic rings. The molecule has 0 unspecified atom stereocenters. The fraction of sp³-hybridized carbons (Fsp3) is 0.0500. The molecule has 0 spiro atoms. The molecular weight excluding hydrogens is 344 g/mol. The molecule has 6 heteroatoms. The van der Waals surface area contributed by atoms with Crippen LogP contribution in [-0.2, 0) is 11.2 Å². The Kier molecular flexibility index (Phi) is 4.57. The van der Waals surface area contributed by atoms with Gasteiger partial charge in [-0.25, -0.2) is 4.98 Å². The number of carbonyl (C=O) groups is 1. The van der Waals surface area contributed by atoms with Crippen LogP contribution in [0.25, 0.3) is 10.9 Å². The van der Waals surface area contributed by atoms with E-state index in [1.807, 2.05) is 53.9 Å². The molecule has 0 radical (unpaired) electrons. The molecule has 2 N–H and O–H groups in total. The van der Waals surface area contributed by atoms with Gasteiger partial charge in [0.2, 0.25) is 5.91 Å². The number of nitrogens with one attached hydrogen (secondary N) is 2. The lowest BCUT2D eigenvalue weighted by molar-refractivity contribution is -0.115. The van der Waals surface area contributed by atoms with Crippen molar-refractivity contribution >= 4 is 45.3 Å². The monoisotopic (exact) mass is 360 g/mol. The molecule has 4 rings (SSSR count). The lowest BCUT2D eigenvalue weighted by Crippen LogP contribution is -2.14. The topological polar surface area (TPSA) is 66.9 Å². The lowest BCUT2D eigenvalue weighted by atomic mass is 10.2. The van der Waals surface area contributed by atoms with Gasteiger partial charge in [0.15, 0.2) is 0 Å². The van der Waals surface area contributed by atoms with E-state index in [4.69, 9.17) is 0 Å². The van der Waals surface area contributed by atoms with Gasteiger partial charge in [-0.15, -0.1) is 11.3 Å². The molecule has 0 atom stereocenters. The smallest absolute Gasteiger partial charge is 0.230 e. The van der Waals surface area contributed by atoms with Crippen molar-refractivity contribution in [1.29, 1.82) is 0 Å². The van der Waals surface area contributed by atoms with E-state index in [-0.39, 0.29) is 5.91 Å². The second kappa shape index (κ2) is 7.33. The number of thiophene rings is 1. The van der Waals surface area contributed by atoms with E-state index in [0.717, 1.165) is 27.2 Å². The van der Waals surface area contributed by atoms with Gasteiger partial charge in [-0.3, -0.25) is 9.78 Å². The molecule has 26 heavy (non-hydrogen) atoms. The van der Waals surface area contributed by atoms with E-state index in [0.29, 0.717) is 12.2 Å². The number of benzene rings is 1. The zero-order valence-corrected chi connectivity index (χ0v) is 14.7. The summed E-state index contributed by atoms with van der Waals surface area (Å²) in [5, 5.41) is 9.18. The maximum absolute atomic E-state index is 12.0. The van der Waals surface area contributed by atoms with E-state index >= 15 is 0 Å². The first kappa shape index (κ1) is 16.2. The minimum absolute atomic E-state index is 0.0705. The van der Waals surface area contributed by atoms with Crippen LogP contribution < -0.4 is 10.6 Å². The molecule has 0 fully saturated rings. The van der Waals surface area contributed by atoms with Crippen LogP contribution in [0.3, 0.4) is 0 Å². The molecule has 0 bridgehead atoms. The summed E-state index contributed by atoms with van der Waals surface area (Å²) in [4.78, 5) is 21.8. The molecular formula is C20H16N4OS. The molecule has 0 saturated carbocycles. The molecule has 0 aliphatic carbocycles. The van der Waals surface area contributed by atoms with Crippen molar-refractivity contribution in [2.75, 3.05) is 10.6 Å². The predicted octanol–water partition coefficient (Wildman–Crippen LogP) is 4.62. The van der Waals surface area contributed by atoms with Crippen molar-refractivity contribution in [1.82, 2.24) is 9.97 Å². The molecule has 0 saturated heterocycles. The Balaban J connectivity index is 1.45.